The van der Waals surface area contributed by atoms with Crippen LogP contribution in [0.1, 0.15) is 18.2 Å². The van der Waals surface area contributed by atoms with Gasteiger partial charge in [0.25, 0.3) is 0 Å². The first-order chi connectivity index (χ1) is 7.34. The van der Waals surface area contributed by atoms with E-state index < -0.39 is 0 Å². The number of thioether (sulfide) groups is 1. The molecular formula is C11H16N2S2. The Balaban J connectivity index is 1.81. The highest BCUT2D eigenvalue weighted by molar-refractivity contribution is 8.13. The van der Waals surface area contributed by atoms with E-state index in [1.807, 2.05) is 23.1 Å². The average molecular weight is 240 g/mol. The van der Waals surface area contributed by atoms with Crippen LogP contribution in [0, 0.1) is 0 Å². The van der Waals surface area contributed by atoms with Crippen molar-refractivity contribution in [1.82, 2.24) is 5.32 Å². The molecule has 1 aromatic rings. The maximum atomic E-state index is 4.47. The summed E-state index contributed by atoms with van der Waals surface area (Å²) in [6.07, 6.45) is 2.31. The molecule has 0 aromatic carbocycles. The van der Waals surface area contributed by atoms with E-state index in [2.05, 4.69) is 34.7 Å². The SMILES string of the molecule is CC(Cc1cccs1)NC1=NCCCS1. The molecule has 1 unspecified atom stereocenters. The smallest absolute Gasteiger partial charge is 0.156 e. The van der Waals surface area contributed by atoms with Crippen molar-refractivity contribution in [3.8, 4) is 0 Å². The van der Waals surface area contributed by atoms with Gasteiger partial charge < -0.3 is 5.32 Å². The van der Waals surface area contributed by atoms with Gasteiger partial charge in [-0.2, -0.15) is 0 Å². The van der Waals surface area contributed by atoms with Crippen LogP contribution in [0.3, 0.4) is 0 Å². The van der Waals surface area contributed by atoms with Gasteiger partial charge in [0.05, 0.1) is 0 Å². The summed E-state index contributed by atoms with van der Waals surface area (Å²) < 4.78 is 0. The van der Waals surface area contributed by atoms with Crippen LogP contribution < -0.4 is 5.32 Å². The second-order valence-corrected chi connectivity index (χ2v) is 5.83. The summed E-state index contributed by atoms with van der Waals surface area (Å²) >= 11 is 3.67. The zero-order chi connectivity index (χ0) is 10.5. The van der Waals surface area contributed by atoms with Gasteiger partial charge in [-0.1, -0.05) is 17.8 Å². The third-order valence-corrected chi connectivity index (χ3v) is 4.17. The van der Waals surface area contributed by atoms with Crippen LogP contribution in [-0.2, 0) is 6.42 Å². The van der Waals surface area contributed by atoms with E-state index >= 15 is 0 Å². The van der Waals surface area contributed by atoms with Crippen molar-refractivity contribution >= 4 is 28.3 Å². The Morgan fingerprint density at radius 3 is 3.20 bits per heavy atom. The number of hydrogen-bond donors (Lipinski definition) is 1. The lowest BCUT2D eigenvalue weighted by molar-refractivity contribution is 0.668. The monoisotopic (exact) mass is 240 g/mol. The van der Waals surface area contributed by atoms with Crippen molar-refractivity contribution in [1.29, 1.82) is 0 Å². The number of nitrogens with zero attached hydrogens (tertiary/aromatic N) is 1. The Hall–Kier alpha value is -0.480. The van der Waals surface area contributed by atoms with E-state index in [-0.39, 0.29) is 0 Å². The minimum Gasteiger partial charge on any atom is -0.362 e. The number of aliphatic imine (C=N–C) groups is 1. The fourth-order valence-corrected chi connectivity index (χ4v) is 3.31. The molecule has 1 aromatic heterocycles. The van der Waals surface area contributed by atoms with Crippen LogP contribution in [0.5, 0.6) is 0 Å². The summed E-state index contributed by atoms with van der Waals surface area (Å²) in [6, 6.07) is 4.78. The predicted octanol–water partition coefficient (Wildman–Crippen LogP) is 2.76. The first kappa shape index (κ1) is 11.0. The van der Waals surface area contributed by atoms with Crippen LogP contribution in [0.15, 0.2) is 22.5 Å². The lowest BCUT2D eigenvalue weighted by Gasteiger charge is -2.18. The van der Waals surface area contributed by atoms with Crippen molar-refractivity contribution in [3.05, 3.63) is 22.4 Å². The lowest BCUT2D eigenvalue weighted by Crippen LogP contribution is -2.33. The molecule has 0 saturated heterocycles. The minimum absolute atomic E-state index is 0.480. The van der Waals surface area contributed by atoms with Gasteiger partial charge in [0.1, 0.15) is 0 Å². The van der Waals surface area contributed by atoms with Gasteiger partial charge in [-0.25, -0.2) is 0 Å². The normalized spacial score (nSPS) is 18.3. The highest BCUT2D eigenvalue weighted by Gasteiger charge is 2.09. The molecule has 2 rings (SSSR count). The number of thiophene rings is 1. The Morgan fingerprint density at radius 2 is 2.53 bits per heavy atom. The standard InChI is InChI=1S/C11H16N2S2/c1-9(8-10-4-2-6-14-10)13-11-12-5-3-7-15-11/h2,4,6,9H,3,5,7-8H2,1H3,(H,12,13). The van der Waals surface area contributed by atoms with Gasteiger partial charge in [-0.15, -0.1) is 11.3 Å². The number of rotatable bonds is 3. The average Bonchev–Trinajstić information content (AvgIpc) is 2.71. The highest BCUT2D eigenvalue weighted by Crippen LogP contribution is 2.14. The van der Waals surface area contributed by atoms with Crippen LogP contribution in [-0.4, -0.2) is 23.5 Å². The van der Waals surface area contributed by atoms with Gasteiger partial charge >= 0.3 is 0 Å². The maximum Gasteiger partial charge on any atom is 0.156 e. The summed E-state index contributed by atoms with van der Waals surface area (Å²) in [6.45, 7) is 3.21. The summed E-state index contributed by atoms with van der Waals surface area (Å²) in [5.41, 5.74) is 0. The summed E-state index contributed by atoms with van der Waals surface area (Å²) in [7, 11) is 0. The maximum absolute atomic E-state index is 4.47. The topological polar surface area (TPSA) is 24.4 Å². The molecule has 0 amide bonds. The fourth-order valence-electron chi connectivity index (χ4n) is 1.54. The van der Waals surface area contributed by atoms with Gasteiger partial charge in [0.2, 0.25) is 0 Å². The van der Waals surface area contributed by atoms with E-state index in [9.17, 15) is 0 Å². The summed E-state index contributed by atoms with van der Waals surface area (Å²) in [4.78, 5) is 5.91. The van der Waals surface area contributed by atoms with Crippen LogP contribution in [0.4, 0.5) is 0 Å². The van der Waals surface area contributed by atoms with E-state index in [1.165, 1.54) is 17.1 Å². The van der Waals surface area contributed by atoms with E-state index in [4.69, 9.17) is 0 Å². The molecule has 0 radical (unpaired) electrons. The molecule has 2 heterocycles. The van der Waals surface area contributed by atoms with Crippen LogP contribution >= 0.6 is 23.1 Å². The van der Waals surface area contributed by atoms with Gasteiger partial charge in [-0.3, -0.25) is 4.99 Å². The van der Waals surface area contributed by atoms with Gasteiger partial charge in [0.15, 0.2) is 5.17 Å². The van der Waals surface area contributed by atoms with Crippen molar-refractivity contribution < 1.29 is 0 Å². The number of nitrogens with one attached hydrogen (secondary N) is 1. The van der Waals surface area contributed by atoms with Crippen molar-refractivity contribution in [2.75, 3.05) is 12.3 Å². The molecule has 0 saturated carbocycles. The first-order valence-corrected chi connectivity index (χ1v) is 7.17. The second kappa shape index (κ2) is 5.56. The molecule has 82 valence electrons. The molecule has 1 aliphatic heterocycles. The second-order valence-electron chi connectivity index (χ2n) is 3.72. The molecule has 0 spiro atoms. The molecule has 4 heteroatoms. The zero-order valence-electron chi connectivity index (χ0n) is 8.90. The van der Waals surface area contributed by atoms with Crippen LogP contribution in [0.25, 0.3) is 0 Å². The fraction of sp³-hybridized carbons (Fsp3) is 0.545. The molecule has 2 nitrogen and oxygen atoms in total. The first-order valence-electron chi connectivity index (χ1n) is 5.31. The molecule has 0 bridgehead atoms. The number of amidine groups is 1. The quantitative estimate of drug-likeness (QED) is 0.878. The van der Waals surface area contributed by atoms with E-state index in [0.717, 1.165) is 18.1 Å². The predicted molar refractivity (Wildman–Crippen MR) is 70.0 cm³/mol. The summed E-state index contributed by atoms with van der Waals surface area (Å²) in [5.74, 6) is 1.21. The van der Waals surface area contributed by atoms with Gasteiger partial charge in [0, 0.05) is 29.6 Å². The molecule has 15 heavy (non-hydrogen) atoms. The zero-order valence-corrected chi connectivity index (χ0v) is 10.5. The molecular weight excluding hydrogens is 224 g/mol. The third kappa shape index (κ3) is 3.54. The summed E-state index contributed by atoms with van der Waals surface area (Å²) in [5, 5.41) is 6.74. The highest BCUT2D eigenvalue weighted by atomic mass is 32.2. The number of hydrogen-bond acceptors (Lipinski definition) is 4. The van der Waals surface area contributed by atoms with E-state index in [0.29, 0.717) is 6.04 Å². The van der Waals surface area contributed by atoms with Gasteiger partial charge in [-0.05, 0) is 24.8 Å². The Bertz CT molecular complexity index is 319. The van der Waals surface area contributed by atoms with Crippen LogP contribution in [0.2, 0.25) is 0 Å². The van der Waals surface area contributed by atoms with Crippen molar-refractivity contribution in [3.63, 3.8) is 0 Å². The molecule has 1 N–H and O–H groups in total. The Kier molecular flexibility index (Phi) is 4.09. The molecule has 1 aliphatic rings. The van der Waals surface area contributed by atoms with Crippen molar-refractivity contribution in [2.45, 2.75) is 25.8 Å². The Morgan fingerprint density at radius 1 is 1.60 bits per heavy atom. The molecule has 1 atom stereocenters. The van der Waals surface area contributed by atoms with E-state index in [1.54, 1.807) is 0 Å². The third-order valence-electron chi connectivity index (χ3n) is 2.25. The lowest BCUT2D eigenvalue weighted by atomic mass is 10.2. The molecule has 0 aliphatic carbocycles. The van der Waals surface area contributed by atoms with Crippen molar-refractivity contribution in [2.24, 2.45) is 4.99 Å². The minimum atomic E-state index is 0.480. The Labute approximate surface area is 99.2 Å². The largest absolute Gasteiger partial charge is 0.362 e. The molecule has 0 fully saturated rings.